The molecule has 1 aliphatic rings. The van der Waals surface area contributed by atoms with Crippen LogP contribution in [0.1, 0.15) is 56.5 Å². The Hall–Kier alpha value is -1.98. The molecule has 0 spiro atoms. The molecule has 1 aliphatic carbocycles. The third kappa shape index (κ3) is 3.83. The van der Waals surface area contributed by atoms with Gasteiger partial charge in [0, 0.05) is 22.2 Å². The maximum atomic E-state index is 12.4. The number of rotatable bonds is 5. The van der Waals surface area contributed by atoms with Gasteiger partial charge < -0.3 is 4.74 Å². The van der Waals surface area contributed by atoms with Gasteiger partial charge in [0.15, 0.2) is 0 Å². The molecule has 0 N–H and O–H groups in total. The number of hydrogen-bond acceptors (Lipinski definition) is 5. The Bertz CT molecular complexity index is 841. The summed E-state index contributed by atoms with van der Waals surface area (Å²) in [6.45, 7) is 2.12. The molecule has 1 aromatic carbocycles. The number of halogens is 1. The van der Waals surface area contributed by atoms with Crippen LogP contribution in [0.3, 0.4) is 0 Å². The number of ether oxygens (including phenoxy) is 1. The number of thiophene rings is 1. The molecule has 6 heteroatoms. The van der Waals surface area contributed by atoms with Crippen LogP contribution < -0.4 is 0 Å². The maximum absolute atomic E-state index is 12.4. The van der Waals surface area contributed by atoms with Crippen LogP contribution in [0.5, 0.6) is 0 Å². The van der Waals surface area contributed by atoms with E-state index in [4.69, 9.17) is 16.3 Å². The van der Waals surface area contributed by atoms with Crippen molar-refractivity contribution in [1.29, 1.82) is 0 Å². The van der Waals surface area contributed by atoms with Gasteiger partial charge in [-0.1, -0.05) is 18.2 Å². The normalized spacial score (nSPS) is 13.7. The fourth-order valence-corrected chi connectivity index (χ4v) is 4.37. The van der Waals surface area contributed by atoms with Crippen LogP contribution in [0.25, 0.3) is 0 Å². The zero-order valence-electron chi connectivity index (χ0n) is 13.9. The molecule has 0 unspecified atom stereocenters. The molecule has 0 fully saturated rings. The zero-order chi connectivity index (χ0) is 17.8. The molecule has 1 heterocycles. The average molecular weight is 376 g/mol. The highest BCUT2D eigenvalue weighted by Gasteiger charge is 2.26. The summed E-state index contributed by atoms with van der Waals surface area (Å²) in [5, 5.41) is 0.111. The second-order valence-electron chi connectivity index (χ2n) is 5.73. The molecular formula is C19H18ClNO3S. The molecule has 3 rings (SSSR count). The SMILES string of the molecule is CCOC(=O)c1c(N=Cc2ccccc2C(=O)Cl)sc2c1CCCC2. The van der Waals surface area contributed by atoms with Crippen LogP contribution in [0.2, 0.25) is 0 Å². The van der Waals surface area contributed by atoms with Gasteiger partial charge >= 0.3 is 5.97 Å². The predicted molar refractivity (Wildman–Crippen MR) is 101 cm³/mol. The Morgan fingerprint density at radius 3 is 2.80 bits per heavy atom. The number of hydrogen-bond donors (Lipinski definition) is 0. The third-order valence-electron chi connectivity index (χ3n) is 4.13. The summed E-state index contributed by atoms with van der Waals surface area (Å²) in [7, 11) is 0. The fraction of sp³-hybridized carbons (Fsp3) is 0.316. The van der Waals surface area contributed by atoms with Crippen molar-refractivity contribution in [3.8, 4) is 0 Å². The molecule has 25 heavy (non-hydrogen) atoms. The molecule has 0 radical (unpaired) electrons. The van der Waals surface area contributed by atoms with Gasteiger partial charge in [0.1, 0.15) is 5.00 Å². The standard InChI is InChI=1S/C19H18ClNO3S/c1-2-24-19(23)16-14-9-5-6-10-15(14)25-18(16)21-11-12-7-3-4-8-13(12)17(20)22/h3-4,7-8,11H,2,5-6,9-10H2,1H3. The smallest absolute Gasteiger partial charge is 0.341 e. The summed E-state index contributed by atoms with van der Waals surface area (Å²) in [6.07, 6.45) is 5.64. The summed E-state index contributed by atoms with van der Waals surface area (Å²) in [5.74, 6) is -0.323. The topological polar surface area (TPSA) is 55.7 Å². The first-order valence-corrected chi connectivity index (χ1v) is 9.45. The minimum absolute atomic E-state index is 0.323. The Morgan fingerprint density at radius 1 is 1.28 bits per heavy atom. The quantitative estimate of drug-likeness (QED) is 0.423. The molecule has 0 atom stereocenters. The number of carbonyl (C=O) groups excluding carboxylic acids is 2. The summed E-state index contributed by atoms with van der Waals surface area (Å²) < 4.78 is 5.23. The molecule has 1 aromatic heterocycles. The van der Waals surface area contributed by atoms with Gasteiger partial charge in [0.25, 0.3) is 5.24 Å². The fourth-order valence-electron chi connectivity index (χ4n) is 2.97. The van der Waals surface area contributed by atoms with Gasteiger partial charge in [0.05, 0.1) is 12.2 Å². The molecule has 0 saturated heterocycles. The lowest BCUT2D eigenvalue weighted by atomic mass is 9.95. The number of fused-ring (bicyclic) bond motifs is 1. The van der Waals surface area contributed by atoms with Gasteiger partial charge in [0.2, 0.25) is 0 Å². The number of esters is 1. The molecule has 4 nitrogen and oxygen atoms in total. The number of carbonyl (C=O) groups is 2. The summed E-state index contributed by atoms with van der Waals surface area (Å²) in [5.41, 5.74) is 2.67. The van der Waals surface area contributed by atoms with E-state index in [9.17, 15) is 9.59 Å². The largest absolute Gasteiger partial charge is 0.462 e. The minimum atomic E-state index is -0.529. The van der Waals surface area contributed by atoms with Crippen molar-refractivity contribution in [3.63, 3.8) is 0 Å². The lowest BCUT2D eigenvalue weighted by Gasteiger charge is -2.11. The molecule has 130 valence electrons. The van der Waals surface area contributed by atoms with Crippen LogP contribution in [-0.2, 0) is 17.6 Å². The zero-order valence-corrected chi connectivity index (χ0v) is 15.5. The lowest BCUT2D eigenvalue weighted by Crippen LogP contribution is -2.09. The van der Waals surface area contributed by atoms with E-state index in [0.717, 1.165) is 31.2 Å². The highest BCUT2D eigenvalue weighted by molar-refractivity contribution is 7.16. The van der Waals surface area contributed by atoms with Crippen LogP contribution in [0.15, 0.2) is 29.3 Å². The molecule has 0 aliphatic heterocycles. The van der Waals surface area contributed by atoms with Gasteiger partial charge in [-0.3, -0.25) is 4.79 Å². The summed E-state index contributed by atoms with van der Waals surface area (Å²) >= 11 is 7.16. The van der Waals surface area contributed by atoms with Gasteiger partial charge in [-0.15, -0.1) is 11.3 Å². The molecular weight excluding hydrogens is 358 g/mol. The third-order valence-corrected chi connectivity index (χ3v) is 5.53. The predicted octanol–water partition coefficient (Wildman–Crippen LogP) is 4.93. The van der Waals surface area contributed by atoms with Crippen molar-refractivity contribution >= 4 is 45.4 Å². The van der Waals surface area contributed by atoms with Crippen molar-refractivity contribution in [2.75, 3.05) is 6.61 Å². The van der Waals surface area contributed by atoms with Gasteiger partial charge in [-0.25, -0.2) is 9.79 Å². The Kier molecular flexibility index (Phi) is 5.66. The van der Waals surface area contributed by atoms with E-state index in [1.54, 1.807) is 31.3 Å². The second kappa shape index (κ2) is 7.93. The highest BCUT2D eigenvalue weighted by atomic mass is 35.5. The van der Waals surface area contributed by atoms with Crippen LogP contribution >= 0.6 is 22.9 Å². The number of nitrogens with zero attached hydrogens (tertiary/aromatic N) is 1. The number of benzene rings is 1. The first-order valence-electron chi connectivity index (χ1n) is 8.26. The van der Waals surface area contributed by atoms with Crippen molar-refractivity contribution in [1.82, 2.24) is 0 Å². The van der Waals surface area contributed by atoms with E-state index in [2.05, 4.69) is 4.99 Å². The molecule has 0 saturated carbocycles. The molecule has 2 aromatic rings. The Balaban J connectivity index is 2.01. The number of aryl methyl sites for hydroxylation is 1. The van der Waals surface area contributed by atoms with Gasteiger partial charge in [-0.2, -0.15) is 0 Å². The Morgan fingerprint density at radius 2 is 2.04 bits per heavy atom. The van der Waals surface area contributed by atoms with Crippen LogP contribution in [0, 0.1) is 0 Å². The van der Waals surface area contributed by atoms with Crippen molar-refractivity contribution < 1.29 is 14.3 Å². The maximum Gasteiger partial charge on any atom is 0.341 e. The van der Waals surface area contributed by atoms with Crippen molar-refractivity contribution in [2.45, 2.75) is 32.6 Å². The monoisotopic (exact) mass is 375 g/mol. The van der Waals surface area contributed by atoms with Crippen molar-refractivity contribution in [2.24, 2.45) is 4.99 Å². The van der Waals surface area contributed by atoms with E-state index in [0.29, 0.717) is 28.3 Å². The van der Waals surface area contributed by atoms with Gasteiger partial charge in [-0.05, 0) is 55.8 Å². The van der Waals surface area contributed by atoms with Crippen LogP contribution in [0.4, 0.5) is 5.00 Å². The van der Waals surface area contributed by atoms with Crippen molar-refractivity contribution in [3.05, 3.63) is 51.4 Å². The Labute approximate surface area is 155 Å². The molecule has 0 bridgehead atoms. The minimum Gasteiger partial charge on any atom is -0.462 e. The lowest BCUT2D eigenvalue weighted by molar-refractivity contribution is 0.0526. The van der Waals surface area contributed by atoms with E-state index in [1.807, 2.05) is 6.07 Å². The van der Waals surface area contributed by atoms with E-state index in [-0.39, 0.29) is 5.97 Å². The summed E-state index contributed by atoms with van der Waals surface area (Å²) in [4.78, 5) is 29.7. The first-order chi connectivity index (χ1) is 12.1. The van der Waals surface area contributed by atoms with E-state index >= 15 is 0 Å². The average Bonchev–Trinajstić information content (AvgIpc) is 2.98. The molecule has 0 amide bonds. The van der Waals surface area contributed by atoms with Crippen LogP contribution in [-0.4, -0.2) is 24.0 Å². The highest BCUT2D eigenvalue weighted by Crippen LogP contribution is 2.40. The van der Waals surface area contributed by atoms with E-state index in [1.165, 1.54) is 16.2 Å². The van der Waals surface area contributed by atoms with E-state index < -0.39 is 5.24 Å². The number of aliphatic imine (C=N–C) groups is 1. The second-order valence-corrected chi connectivity index (χ2v) is 7.16. The summed E-state index contributed by atoms with van der Waals surface area (Å²) in [6, 6.07) is 7.00. The first kappa shape index (κ1) is 17.8.